The number of halogens is 1. The monoisotopic (exact) mass is 361 g/mol. The minimum absolute atomic E-state index is 0.0460. The number of ether oxygens (including phenoxy) is 1. The molecule has 1 aromatic carbocycles. The first-order valence-corrected chi connectivity index (χ1v) is 8.57. The molecule has 0 spiro atoms. The summed E-state index contributed by atoms with van der Waals surface area (Å²) in [7, 11) is 0. The summed E-state index contributed by atoms with van der Waals surface area (Å²) in [6.07, 6.45) is 0. The number of carbonyl (C=O) groups is 1. The zero-order chi connectivity index (χ0) is 17.6. The lowest BCUT2D eigenvalue weighted by atomic mass is 10.3. The van der Waals surface area contributed by atoms with Gasteiger partial charge in [-0.1, -0.05) is 23.4 Å². The molecule has 0 N–H and O–H groups in total. The predicted octanol–water partition coefficient (Wildman–Crippen LogP) is 3.36. The number of rotatable bonds is 7. The summed E-state index contributed by atoms with van der Waals surface area (Å²) in [5.41, 5.74) is 0. The van der Waals surface area contributed by atoms with Crippen LogP contribution in [0.5, 0.6) is 5.75 Å². The van der Waals surface area contributed by atoms with E-state index in [1.54, 1.807) is 12.1 Å². The molecule has 0 bridgehead atoms. The Labute approximate surface area is 147 Å². The zero-order valence-electron chi connectivity index (χ0n) is 13.5. The summed E-state index contributed by atoms with van der Waals surface area (Å²) in [4.78, 5) is 19.0. The fourth-order valence-corrected chi connectivity index (χ4v) is 2.81. The first kappa shape index (κ1) is 17.1. The maximum Gasteiger partial charge on any atom is 0.260 e. The molecule has 2 heterocycles. The standard InChI is InChI=1S/C17H16FN3O3S/c1-2-21(16(22)11-23-13-7-4-3-6-12(13)18)10-15-19-17(20-24-15)14-8-5-9-25-14/h3-9H,2,10-11H2,1H3. The molecule has 0 aliphatic carbocycles. The van der Waals surface area contributed by atoms with Crippen molar-refractivity contribution in [1.82, 2.24) is 15.0 Å². The Kier molecular flexibility index (Phi) is 5.39. The van der Waals surface area contributed by atoms with E-state index in [0.717, 1.165) is 4.88 Å². The van der Waals surface area contributed by atoms with Gasteiger partial charge in [-0.25, -0.2) is 4.39 Å². The normalized spacial score (nSPS) is 10.6. The van der Waals surface area contributed by atoms with Crippen molar-refractivity contribution in [3.63, 3.8) is 0 Å². The Hall–Kier alpha value is -2.74. The van der Waals surface area contributed by atoms with Crippen molar-refractivity contribution < 1.29 is 18.4 Å². The molecule has 25 heavy (non-hydrogen) atoms. The number of likely N-dealkylation sites (N-methyl/N-ethyl adjacent to an activating group) is 1. The molecular formula is C17H16FN3O3S. The molecule has 0 aliphatic rings. The van der Waals surface area contributed by atoms with Gasteiger partial charge in [0.25, 0.3) is 5.91 Å². The number of nitrogens with zero attached hydrogens (tertiary/aromatic N) is 3. The summed E-state index contributed by atoms with van der Waals surface area (Å²) < 4.78 is 24.0. The van der Waals surface area contributed by atoms with E-state index in [1.807, 2.05) is 24.4 Å². The van der Waals surface area contributed by atoms with E-state index >= 15 is 0 Å². The average Bonchev–Trinajstić information content (AvgIpc) is 3.30. The van der Waals surface area contributed by atoms with E-state index in [2.05, 4.69) is 10.1 Å². The lowest BCUT2D eigenvalue weighted by molar-refractivity contribution is -0.134. The molecule has 3 aromatic rings. The average molecular weight is 361 g/mol. The SMILES string of the molecule is CCN(Cc1nc(-c2cccs2)no1)C(=O)COc1ccccc1F. The Bertz CT molecular complexity index is 835. The first-order chi connectivity index (χ1) is 12.2. The second kappa shape index (κ2) is 7.89. The Morgan fingerprint density at radius 1 is 1.32 bits per heavy atom. The van der Waals surface area contributed by atoms with Gasteiger partial charge >= 0.3 is 0 Å². The second-order valence-corrected chi connectivity index (χ2v) is 6.06. The van der Waals surface area contributed by atoms with Crippen molar-refractivity contribution >= 4 is 17.2 Å². The minimum Gasteiger partial charge on any atom is -0.481 e. The van der Waals surface area contributed by atoms with Crippen LogP contribution in [0.3, 0.4) is 0 Å². The van der Waals surface area contributed by atoms with Crippen LogP contribution in [0.2, 0.25) is 0 Å². The molecule has 130 valence electrons. The van der Waals surface area contributed by atoms with Crippen LogP contribution >= 0.6 is 11.3 Å². The number of thiophene rings is 1. The van der Waals surface area contributed by atoms with Crippen molar-refractivity contribution in [1.29, 1.82) is 0 Å². The zero-order valence-corrected chi connectivity index (χ0v) is 14.3. The third-order valence-corrected chi connectivity index (χ3v) is 4.32. The molecule has 0 saturated heterocycles. The fourth-order valence-electron chi connectivity index (χ4n) is 2.16. The van der Waals surface area contributed by atoms with Crippen LogP contribution in [-0.2, 0) is 11.3 Å². The van der Waals surface area contributed by atoms with Crippen LogP contribution in [0.15, 0.2) is 46.3 Å². The highest BCUT2D eigenvalue weighted by atomic mass is 32.1. The van der Waals surface area contributed by atoms with Gasteiger partial charge in [-0.05, 0) is 30.5 Å². The summed E-state index contributed by atoms with van der Waals surface area (Å²) in [6.45, 7) is 2.18. The van der Waals surface area contributed by atoms with Crippen LogP contribution in [0.25, 0.3) is 10.7 Å². The van der Waals surface area contributed by atoms with E-state index in [0.29, 0.717) is 18.3 Å². The maximum absolute atomic E-state index is 13.5. The van der Waals surface area contributed by atoms with E-state index in [9.17, 15) is 9.18 Å². The number of carbonyl (C=O) groups excluding carboxylic acids is 1. The van der Waals surface area contributed by atoms with Crippen LogP contribution in [0, 0.1) is 5.82 Å². The number of benzene rings is 1. The molecular weight excluding hydrogens is 345 g/mol. The maximum atomic E-state index is 13.5. The Balaban J connectivity index is 1.60. The molecule has 0 radical (unpaired) electrons. The summed E-state index contributed by atoms with van der Waals surface area (Å²) in [5, 5.41) is 5.84. The number of hydrogen-bond donors (Lipinski definition) is 0. The topological polar surface area (TPSA) is 68.5 Å². The molecule has 1 amide bonds. The van der Waals surface area contributed by atoms with E-state index in [4.69, 9.17) is 9.26 Å². The largest absolute Gasteiger partial charge is 0.481 e. The molecule has 0 fully saturated rings. The quantitative estimate of drug-likeness (QED) is 0.645. The summed E-state index contributed by atoms with van der Waals surface area (Å²) in [6, 6.07) is 9.75. The van der Waals surface area contributed by atoms with Gasteiger partial charge in [0.2, 0.25) is 11.7 Å². The van der Waals surface area contributed by atoms with Crippen LogP contribution in [0.4, 0.5) is 4.39 Å². The number of amides is 1. The summed E-state index contributed by atoms with van der Waals surface area (Å²) >= 11 is 1.51. The van der Waals surface area contributed by atoms with E-state index in [1.165, 1.54) is 28.4 Å². The van der Waals surface area contributed by atoms with Gasteiger partial charge in [-0.3, -0.25) is 4.79 Å². The highest BCUT2D eigenvalue weighted by Gasteiger charge is 2.18. The van der Waals surface area contributed by atoms with Crippen LogP contribution < -0.4 is 4.74 Å². The third kappa shape index (κ3) is 4.21. The number of hydrogen-bond acceptors (Lipinski definition) is 6. The third-order valence-electron chi connectivity index (χ3n) is 3.46. The molecule has 0 aliphatic heterocycles. The van der Waals surface area contributed by atoms with Gasteiger partial charge in [0.05, 0.1) is 4.88 Å². The second-order valence-electron chi connectivity index (χ2n) is 5.12. The van der Waals surface area contributed by atoms with Gasteiger partial charge in [0.1, 0.15) is 6.54 Å². The Morgan fingerprint density at radius 3 is 2.88 bits per heavy atom. The van der Waals surface area contributed by atoms with Crippen molar-refractivity contribution in [2.24, 2.45) is 0 Å². The first-order valence-electron chi connectivity index (χ1n) is 7.69. The molecule has 2 aromatic heterocycles. The summed E-state index contributed by atoms with van der Waals surface area (Å²) in [5.74, 6) is 0.0859. The van der Waals surface area contributed by atoms with Gasteiger partial charge in [-0.2, -0.15) is 4.98 Å². The van der Waals surface area contributed by atoms with Gasteiger partial charge in [-0.15, -0.1) is 11.3 Å². The molecule has 0 saturated carbocycles. The smallest absolute Gasteiger partial charge is 0.260 e. The van der Waals surface area contributed by atoms with Crippen molar-refractivity contribution in [3.05, 3.63) is 53.5 Å². The fraction of sp³-hybridized carbons (Fsp3) is 0.235. The van der Waals surface area contributed by atoms with E-state index < -0.39 is 5.82 Å². The minimum atomic E-state index is -0.504. The molecule has 8 heteroatoms. The number of para-hydroxylation sites is 1. The highest BCUT2D eigenvalue weighted by molar-refractivity contribution is 7.13. The van der Waals surface area contributed by atoms with Gasteiger partial charge < -0.3 is 14.2 Å². The van der Waals surface area contributed by atoms with E-state index in [-0.39, 0.29) is 24.8 Å². The molecule has 3 rings (SSSR count). The lowest BCUT2D eigenvalue weighted by Gasteiger charge is -2.19. The molecule has 6 nitrogen and oxygen atoms in total. The van der Waals surface area contributed by atoms with Crippen LogP contribution in [0.1, 0.15) is 12.8 Å². The van der Waals surface area contributed by atoms with Crippen molar-refractivity contribution in [2.45, 2.75) is 13.5 Å². The predicted molar refractivity (Wildman–Crippen MR) is 90.6 cm³/mol. The van der Waals surface area contributed by atoms with Crippen molar-refractivity contribution in [3.8, 4) is 16.5 Å². The lowest BCUT2D eigenvalue weighted by Crippen LogP contribution is -2.34. The Morgan fingerprint density at radius 2 is 2.16 bits per heavy atom. The molecule has 0 unspecified atom stereocenters. The van der Waals surface area contributed by atoms with Crippen LogP contribution in [-0.4, -0.2) is 34.1 Å². The van der Waals surface area contributed by atoms with Gasteiger partial charge in [0.15, 0.2) is 18.2 Å². The highest BCUT2D eigenvalue weighted by Crippen LogP contribution is 2.21. The van der Waals surface area contributed by atoms with Crippen molar-refractivity contribution in [2.75, 3.05) is 13.2 Å². The molecule has 0 atom stereocenters. The number of aromatic nitrogens is 2. The van der Waals surface area contributed by atoms with Gasteiger partial charge in [0, 0.05) is 6.54 Å².